The van der Waals surface area contributed by atoms with Crippen LogP contribution in [0.5, 0.6) is 0 Å². The number of anilines is 1. The molecular formula is C24H18ClN3O2S3. The average molecular weight is 512 g/mol. The second kappa shape index (κ2) is 10.9. The Kier molecular flexibility index (Phi) is 7.72. The number of thiocarbonyl (C=S) groups is 1. The summed E-state index contributed by atoms with van der Waals surface area (Å²) < 4.78 is 0.358. The van der Waals surface area contributed by atoms with E-state index < -0.39 is 0 Å². The number of thiazole rings is 1. The van der Waals surface area contributed by atoms with Crippen molar-refractivity contribution in [2.75, 3.05) is 11.9 Å². The number of carbonyl (C=O) groups is 2. The van der Waals surface area contributed by atoms with E-state index in [4.69, 9.17) is 23.8 Å². The number of halogens is 1. The highest BCUT2D eigenvalue weighted by Crippen LogP contribution is 2.31. The van der Waals surface area contributed by atoms with Gasteiger partial charge < -0.3 is 5.32 Å². The van der Waals surface area contributed by atoms with E-state index in [2.05, 4.69) is 10.3 Å². The molecule has 166 valence electrons. The van der Waals surface area contributed by atoms with Gasteiger partial charge in [-0.1, -0.05) is 90.2 Å². The lowest BCUT2D eigenvalue weighted by molar-refractivity contribution is -0.126. The third-order valence-corrected chi connectivity index (χ3v) is 7.16. The van der Waals surface area contributed by atoms with Crippen LogP contribution in [0, 0.1) is 0 Å². The lowest BCUT2D eigenvalue weighted by atomic mass is 10.1. The van der Waals surface area contributed by atoms with Crippen LogP contribution in [0.2, 0.25) is 5.02 Å². The number of hydrogen-bond donors (Lipinski definition) is 1. The molecule has 0 spiro atoms. The topological polar surface area (TPSA) is 62.3 Å². The van der Waals surface area contributed by atoms with Crippen molar-refractivity contribution in [1.29, 1.82) is 0 Å². The monoisotopic (exact) mass is 511 g/mol. The molecule has 5 nitrogen and oxygen atoms in total. The summed E-state index contributed by atoms with van der Waals surface area (Å²) in [7, 11) is 0. The van der Waals surface area contributed by atoms with Gasteiger partial charge in [-0.3, -0.25) is 14.5 Å². The maximum atomic E-state index is 12.7. The van der Waals surface area contributed by atoms with E-state index in [-0.39, 0.29) is 18.4 Å². The van der Waals surface area contributed by atoms with Gasteiger partial charge in [-0.2, -0.15) is 0 Å². The van der Waals surface area contributed by atoms with Crippen LogP contribution in [0.15, 0.2) is 77.9 Å². The van der Waals surface area contributed by atoms with Crippen LogP contribution >= 0.6 is 46.9 Å². The summed E-state index contributed by atoms with van der Waals surface area (Å²) in [6.45, 7) is -0.156. The Morgan fingerprint density at radius 3 is 2.67 bits per heavy atom. The van der Waals surface area contributed by atoms with Gasteiger partial charge in [0.2, 0.25) is 5.91 Å². The fourth-order valence-electron chi connectivity index (χ4n) is 3.01. The molecule has 1 saturated heterocycles. The number of nitrogens with zero attached hydrogens (tertiary/aromatic N) is 2. The molecule has 0 atom stereocenters. The number of benzene rings is 2. The van der Waals surface area contributed by atoms with E-state index in [1.165, 1.54) is 28.0 Å². The van der Waals surface area contributed by atoms with Crippen LogP contribution < -0.4 is 5.32 Å². The summed E-state index contributed by atoms with van der Waals surface area (Å²) in [5.41, 5.74) is 2.13. The predicted octanol–water partition coefficient (Wildman–Crippen LogP) is 5.78. The third kappa shape index (κ3) is 6.39. The molecule has 0 aliphatic carbocycles. The number of carbonyl (C=O) groups excluding carboxylic acids is 2. The second-order valence-corrected chi connectivity index (χ2v) is 10.3. The number of aromatic nitrogens is 1. The van der Waals surface area contributed by atoms with Gasteiger partial charge in [-0.05, 0) is 29.3 Å². The summed E-state index contributed by atoms with van der Waals surface area (Å²) in [5.74, 6) is -0.625. The molecule has 1 aromatic heterocycles. The maximum Gasteiger partial charge on any atom is 0.266 e. The molecule has 0 radical (unpaired) electrons. The van der Waals surface area contributed by atoms with E-state index in [0.29, 0.717) is 25.8 Å². The van der Waals surface area contributed by atoms with Crippen molar-refractivity contribution in [2.45, 2.75) is 6.42 Å². The van der Waals surface area contributed by atoms with Crippen molar-refractivity contribution in [3.63, 3.8) is 0 Å². The van der Waals surface area contributed by atoms with Crippen LogP contribution in [0.25, 0.3) is 6.08 Å². The first-order chi connectivity index (χ1) is 16.0. The maximum absolute atomic E-state index is 12.7. The van der Waals surface area contributed by atoms with Gasteiger partial charge in [-0.15, -0.1) is 11.3 Å². The highest BCUT2D eigenvalue weighted by atomic mass is 35.5. The Morgan fingerprint density at radius 1 is 1.15 bits per heavy atom. The molecular weight excluding hydrogens is 494 g/mol. The van der Waals surface area contributed by atoms with Crippen molar-refractivity contribution in [3.05, 3.63) is 98.9 Å². The van der Waals surface area contributed by atoms with Crippen LogP contribution in [0.4, 0.5) is 5.13 Å². The first-order valence-electron chi connectivity index (χ1n) is 9.94. The standard InChI is InChI=1S/C24H18ClN3O2S3/c25-18-11-9-17(10-12-18)13-19-14-26-23(32-19)27-21(29)15-28-22(30)20(33-24(28)31)8-4-7-16-5-2-1-3-6-16/h1-12,14H,13,15H2,(H,26,27,29). The summed E-state index contributed by atoms with van der Waals surface area (Å²) in [6.07, 6.45) is 7.86. The molecule has 4 rings (SSSR count). The number of hydrogen-bond acceptors (Lipinski definition) is 6. The van der Waals surface area contributed by atoms with Gasteiger partial charge in [0, 0.05) is 22.5 Å². The molecule has 9 heteroatoms. The number of amides is 2. The SMILES string of the molecule is O=C(CN1C(=O)C(=CC=Cc2ccccc2)SC1=S)Nc1ncc(Cc2ccc(Cl)cc2)s1. The van der Waals surface area contributed by atoms with Gasteiger partial charge in [-0.25, -0.2) is 4.98 Å². The molecule has 2 aromatic carbocycles. The molecule has 33 heavy (non-hydrogen) atoms. The Labute approximate surface area is 210 Å². The Bertz CT molecular complexity index is 1240. The molecule has 0 bridgehead atoms. The highest BCUT2D eigenvalue weighted by molar-refractivity contribution is 8.26. The predicted molar refractivity (Wildman–Crippen MR) is 140 cm³/mol. The number of thioether (sulfide) groups is 1. The lowest BCUT2D eigenvalue weighted by Crippen LogP contribution is -2.36. The largest absolute Gasteiger partial charge is 0.300 e. The fourth-order valence-corrected chi connectivity index (χ4v) is 5.21. The molecule has 0 saturated carbocycles. The van der Waals surface area contributed by atoms with Crippen molar-refractivity contribution < 1.29 is 9.59 Å². The minimum absolute atomic E-state index is 0.156. The first kappa shape index (κ1) is 23.4. The van der Waals surface area contributed by atoms with Gasteiger partial charge >= 0.3 is 0 Å². The van der Waals surface area contributed by atoms with E-state index in [1.807, 2.05) is 60.7 Å². The minimum Gasteiger partial charge on any atom is -0.300 e. The van der Waals surface area contributed by atoms with Crippen molar-refractivity contribution >= 4 is 74.3 Å². The van der Waals surface area contributed by atoms with Gasteiger partial charge in [0.15, 0.2) is 5.13 Å². The highest BCUT2D eigenvalue weighted by Gasteiger charge is 2.33. The van der Waals surface area contributed by atoms with Crippen LogP contribution in [0.3, 0.4) is 0 Å². The summed E-state index contributed by atoms with van der Waals surface area (Å²) in [4.78, 5) is 32.3. The molecule has 2 amide bonds. The molecule has 3 aromatic rings. The van der Waals surface area contributed by atoms with Crippen LogP contribution in [-0.4, -0.2) is 32.6 Å². The summed E-state index contributed by atoms with van der Waals surface area (Å²) in [6, 6.07) is 17.4. The van der Waals surface area contributed by atoms with Crippen LogP contribution in [0.1, 0.15) is 16.0 Å². The fraction of sp³-hybridized carbons (Fsp3) is 0.0833. The Morgan fingerprint density at radius 2 is 1.91 bits per heavy atom. The van der Waals surface area contributed by atoms with Gasteiger partial charge in [0.05, 0.1) is 4.91 Å². The quantitative estimate of drug-likeness (QED) is 0.321. The van der Waals surface area contributed by atoms with E-state index in [1.54, 1.807) is 18.3 Å². The molecule has 1 N–H and O–H groups in total. The van der Waals surface area contributed by atoms with Gasteiger partial charge in [0.25, 0.3) is 5.91 Å². The summed E-state index contributed by atoms with van der Waals surface area (Å²) in [5, 5.41) is 3.93. The number of rotatable bonds is 7. The normalized spacial score (nSPS) is 15.1. The first-order valence-corrected chi connectivity index (χ1v) is 12.4. The van der Waals surface area contributed by atoms with E-state index >= 15 is 0 Å². The summed E-state index contributed by atoms with van der Waals surface area (Å²) >= 11 is 13.8. The van der Waals surface area contributed by atoms with Crippen molar-refractivity contribution in [3.8, 4) is 0 Å². The number of nitrogens with one attached hydrogen (secondary N) is 1. The molecule has 1 fully saturated rings. The Hall–Kier alpha value is -2.78. The molecule has 1 aliphatic rings. The molecule has 0 unspecified atom stereocenters. The molecule has 2 heterocycles. The molecule has 1 aliphatic heterocycles. The van der Waals surface area contributed by atoms with Crippen molar-refractivity contribution in [2.24, 2.45) is 0 Å². The van der Waals surface area contributed by atoms with Crippen LogP contribution in [-0.2, 0) is 16.0 Å². The minimum atomic E-state index is -0.347. The average Bonchev–Trinajstić information content (AvgIpc) is 3.35. The van der Waals surface area contributed by atoms with E-state index in [9.17, 15) is 9.59 Å². The lowest BCUT2D eigenvalue weighted by Gasteiger charge is -2.13. The third-order valence-electron chi connectivity index (χ3n) is 4.60. The van der Waals surface area contributed by atoms with Crippen molar-refractivity contribution in [1.82, 2.24) is 9.88 Å². The van der Waals surface area contributed by atoms with Gasteiger partial charge in [0.1, 0.15) is 10.9 Å². The van der Waals surface area contributed by atoms with E-state index in [0.717, 1.165) is 16.0 Å². The Balaban J connectivity index is 1.33. The smallest absolute Gasteiger partial charge is 0.266 e. The zero-order valence-corrected chi connectivity index (χ0v) is 20.4. The zero-order valence-electron chi connectivity index (χ0n) is 17.2. The number of allylic oxidation sites excluding steroid dienone is 2. The zero-order chi connectivity index (χ0) is 23.2. The second-order valence-electron chi connectivity index (χ2n) is 7.04.